The van der Waals surface area contributed by atoms with Gasteiger partial charge in [-0.25, -0.2) is 0 Å². The van der Waals surface area contributed by atoms with Gasteiger partial charge < -0.3 is 20.9 Å². The second-order valence-electron chi connectivity index (χ2n) is 5.92. The molecule has 0 spiro atoms. The molecule has 5 nitrogen and oxygen atoms in total. The quantitative estimate of drug-likeness (QED) is 0.664. The average molecular weight is 256 g/mol. The molecule has 104 valence electrons. The van der Waals surface area contributed by atoms with Gasteiger partial charge in [0.05, 0.1) is 24.7 Å². The molecular weight excluding hydrogens is 232 g/mol. The van der Waals surface area contributed by atoms with E-state index in [1.807, 2.05) is 6.92 Å². The van der Waals surface area contributed by atoms with Crippen LogP contribution in [0.3, 0.4) is 0 Å². The Hall–Kier alpha value is -0.650. The van der Waals surface area contributed by atoms with E-state index in [-0.39, 0.29) is 18.1 Å². The molecular formula is C13H24N2O3. The van der Waals surface area contributed by atoms with E-state index in [0.29, 0.717) is 25.7 Å². The number of hydrogen-bond acceptors (Lipinski definition) is 4. The van der Waals surface area contributed by atoms with Gasteiger partial charge >= 0.3 is 0 Å². The van der Waals surface area contributed by atoms with E-state index in [1.165, 1.54) is 0 Å². The van der Waals surface area contributed by atoms with Gasteiger partial charge in [0, 0.05) is 12.6 Å². The number of ether oxygens (including phenoxy) is 1. The highest BCUT2D eigenvalue weighted by molar-refractivity contribution is 5.83. The highest BCUT2D eigenvalue weighted by atomic mass is 16.5. The molecule has 2 unspecified atom stereocenters. The highest BCUT2D eigenvalue weighted by Crippen LogP contribution is 2.28. The third-order valence-corrected chi connectivity index (χ3v) is 4.40. The Kier molecular flexibility index (Phi) is 4.25. The van der Waals surface area contributed by atoms with E-state index < -0.39 is 5.41 Å². The van der Waals surface area contributed by atoms with E-state index in [0.717, 1.165) is 25.7 Å². The van der Waals surface area contributed by atoms with Crippen LogP contribution in [0.4, 0.5) is 0 Å². The second kappa shape index (κ2) is 5.55. The molecule has 0 bridgehead atoms. The van der Waals surface area contributed by atoms with Crippen molar-refractivity contribution in [1.29, 1.82) is 0 Å². The first-order valence-electron chi connectivity index (χ1n) is 6.82. The van der Waals surface area contributed by atoms with E-state index >= 15 is 0 Å². The van der Waals surface area contributed by atoms with Crippen LogP contribution in [0.2, 0.25) is 0 Å². The number of carbonyl (C=O) groups excluding carboxylic acids is 1. The minimum absolute atomic E-state index is 0.00128. The monoisotopic (exact) mass is 256 g/mol. The normalized spacial score (nSPS) is 40.7. The Morgan fingerprint density at radius 2 is 2.11 bits per heavy atom. The van der Waals surface area contributed by atoms with E-state index in [4.69, 9.17) is 10.5 Å². The van der Waals surface area contributed by atoms with Crippen molar-refractivity contribution in [2.45, 2.75) is 44.8 Å². The molecule has 2 fully saturated rings. The summed E-state index contributed by atoms with van der Waals surface area (Å²) in [6, 6.07) is -0.217. The minimum atomic E-state index is -0.589. The van der Waals surface area contributed by atoms with Gasteiger partial charge in [-0.1, -0.05) is 0 Å². The summed E-state index contributed by atoms with van der Waals surface area (Å²) in [5.74, 6) is 0.484. The number of hydrogen-bond donors (Lipinski definition) is 3. The van der Waals surface area contributed by atoms with Crippen LogP contribution in [0, 0.1) is 11.3 Å². The Bertz CT molecular complexity index is 303. The lowest BCUT2D eigenvalue weighted by atomic mass is 9.84. The number of amides is 1. The fourth-order valence-corrected chi connectivity index (χ4v) is 2.71. The van der Waals surface area contributed by atoms with Crippen LogP contribution in [0.5, 0.6) is 0 Å². The third-order valence-electron chi connectivity index (χ3n) is 4.40. The smallest absolute Gasteiger partial charge is 0.229 e. The predicted molar refractivity (Wildman–Crippen MR) is 67.9 cm³/mol. The van der Waals surface area contributed by atoms with E-state index in [1.54, 1.807) is 0 Å². The summed E-state index contributed by atoms with van der Waals surface area (Å²) in [4.78, 5) is 12.2. The standard InChI is InChI=1S/C13H24N2O3/c1-13(8-18-7-11(13)14)12(17)15-6-9-2-4-10(16)5-3-9/h9-11,16H,2-8,14H2,1H3,(H,15,17). The molecule has 2 atom stereocenters. The zero-order valence-electron chi connectivity index (χ0n) is 11.0. The molecule has 1 saturated carbocycles. The van der Waals surface area contributed by atoms with Gasteiger partial charge in [-0.3, -0.25) is 4.79 Å². The van der Waals surface area contributed by atoms with Crippen LogP contribution < -0.4 is 11.1 Å². The Morgan fingerprint density at radius 3 is 2.67 bits per heavy atom. The molecule has 1 aliphatic carbocycles. The summed E-state index contributed by atoms with van der Waals surface area (Å²) in [5, 5.41) is 12.4. The van der Waals surface area contributed by atoms with Gasteiger partial charge in [-0.05, 0) is 38.5 Å². The van der Waals surface area contributed by atoms with Crippen LogP contribution in [0.1, 0.15) is 32.6 Å². The lowest BCUT2D eigenvalue weighted by Crippen LogP contribution is -2.50. The maximum atomic E-state index is 12.2. The van der Waals surface area contributed by atoms with Gasteiger partial charge in [-0.2, -0.15) is 0 Å². The molecule has 18 heavy (non-hydrogen) atoms. The summed E-state index contributed by atoms with van der Waals surface area (Å²) in [6.45, 7) is 3.42. The molecule has 1 amide bonds. The highest BCUT2D eigenvalue weighted by Gasteiger charge is 2.44. The summed E-state index contributed by atoms with van der Waals surface area (Å²) < 4.78 is 5.28. The number of nitrogens with one attached hydrogen (secondary N) is 1. The van der Waals surface area contributed by atoms with Crippen molar-refractivity contribution in [3.05, 3.63) is 0 Å². The molecule has 4 N–H and O–H groups in total. The number of nitrogens with two attached hydrogens (primary N) is 1. The lowest BCUT2D eigenvalue weighted by Gasteiger charge is -2.29. The van der Waals surface area contributed by atoms with Crippen molar-refractivity contribution < 1.29 is 14.6 Å². The van der Waals surface area contributed by atoms with E-state index in [9.17, 15) is 9.90 Å². The predicted octanol–water partition coefficient (Wildman–Crippen LogP) is 0.0175. The number of aliphatic hydroxyl groups is 1. The summed E-state index contributed by atoms with van der Waals surface area (Å²) in [5.41, 5.74) is 5.33. The minimum Gasteiger partial charge on any atom is -0.393 e. The van der Waals surface area contributed by atoms with Crippen LogP contribution in [-0.4, -0.2) is 42.9 Å². The lowest BCUT2D eigenvalue weighted by molar-refractivity contribution is -0.130. The van der Waals surface area contributed by atoms with Gasteiger partial charge in [0.25, 0.3) is 0 Å². The fraction of sp³-hybridized carbons (Fsp3) is 0.923. The van der Waals surface area contributed by atoms with Crippen molar-refractivity contribution in [3.8, 4) is 0 Å². The van der Waals surface area contributed by atoms with Crippen LogP contribution in [0.25, 0.3) is 0 Å². The van der Waals surface area contributed by atoms with Crippen molar-refractivity contribution >= 4 is 5.91 Å². The SMILES string of the molecule is CC1(C(=O)NCC2CCC(O)CC2)COCC1N. The van der Waals surface area contributed by atoms with Crippen molar-refractivity contribution in [2.24, 2.45) is 17.1 Å². The average Bonchev–Trinajstić information content (AvgIpc) is 2.70. The topological polar surface area (TPSA) is 84.6 Å². The molecule has 0 aromatic heterocycles. The molecule has 2 aliphatic rings. The van der Waals surface area contributed by atoms with Gasteiger partial charge in [0.1, 0.15) is 0 Å². The Balaban J connectivity index is 1.78. The Morgan fingerprint density at radius 1 is 1.44 bits per heavy atom. The second-order valence-corrected chi connectivity index (χ2v) is 5.92. The summed E-state index contributed by atoms with van der Waals surface area (Å²) in [6.07, 6.45) is 3.52. The maximum Gasteiger partial charge on any atom is 0.229 e. The summed E-state index contributed by atoms with van der Waals surface area (Å²) in [7, 11) is 0. The van der Waals surface area contributed by atoms with Crippen molar-refractivity contribution in [1.82, 2.24) is 5.32 Å². The van der Waals surface area contributed by atoms with Crippen molar-refractivity contribution in [2.75, 3.05) is 19.8 Å². The largest absolute Gasteiger partial charge is 0.393 e. The number of rotatable bonds is 3. The van der Waals surface area contributed by atoms with E-state index in [2.05, 4.69) is 5.32 Å². The first kappa shape index (κ1) is 13.8. The molecule has 2 rings (SSSR count). The molecule has 1 aliphatic heterocycles. The maximum absolute atomic E-state index is 12.2. The van der Waals surface area contributed by atoms with Crippen LogP contribution >= 0.6 is 0 Å². The first-order chi connectivity index (χ1) is 8.52. The van der Waals surface area contributed by atoms with Gasteiger partial charge in [0.2, 0.25) is 5.91 Å². The Labute approximate surface area is 108 Å². The van der Waals surface area contributed by atoms with Gasteiger partial charge in [-0.15, -0.1) is 0 Å². The van der Waals surface area contributed by atoms with Crippen LogP contribution in [-0.2, 0) is 9.53 Å². The molecule has 5 heteroatoms. The molecule has 0 aromatic carbocycles. The molecule has 1 heterocycles. The molecule has 0 aromatic rings. The fourth-order valence-electron chi connectivity index (χ4n) is 2.71. The zero-order valence-corrected chi connectivity index (χ0v) is 11.0. The summed E-state index contributed by atoms with van der Waals surface area (Å²) >= 11 is 0. The molecule has 0 radical (unpaired) electrons. The zero-order chi connectivity index (χ0) is 13.2. The number of aliphatic hydroxyl groups excluding tert-OH is 1. The van der Waals surface area contributed by atoms with Crippen molar-refractivity contribution in [3.63, 3.8) is 0 Å². The number of carbonyl (C=O) groups is 1. The third kappa shape index (κ3) is 2.84. The molecule has 1 saturated heterocycles. The van der Waals surface area contributed by atoms with Gasteiger partial charge in [0.15, 0.2) is 0 Å². The van der Waals surface area contributed by atoms with Crippen LogP contribution in [0.15, 0.2) is 0 Å². The first-order valence-corrected chi connectivity index (χ1v) is 6.82.